The largest absolute Gasteiger partial charge is 0.466 e. The van der Waals surface area contributed by atoms with Gasteiger partial charge in [0.2, 0.25) is 0 Å². The zero-order valence-electron chi connectivity index (χ0n) is 5.59. The first-order valence-corrected chi connectivity index (χ1v) is 2.94. The van der Waals surface area contributed by atoms with Gasteiger partial charge in [-0.3, -0.25) is 0 Å². The van der Waals surface area contributed by atoms with E-state index in [-0.39, 0.29) is 0 Å². The Balaban J connectivity index is 2.94. The first kappa shape index (κ1) is 6.36. The lowest BCUT2D eigenvalue weighted by atomic mass is 10.2. The van der Waals surface area contributed by atoms with Crippen LogP contribution >= 0.6 is 0 Å². The average molecular weight is 126 g/mol. The van der Waals surface area contributed by atoms with Crippen LogP contribution < -0.4 is 0 Å². The van der Waals surface area contributed by atoms with Crippen molar-refractivity contribution < 1.29 is 9.52 Å². The fourth-order valence-corrected chi connectivity index (χ4v) is 0.812. The summed E-state index contributed by atoms with van der Waals surface area (Å²) < 4.78 is 4.98. The van der Waals surface area contributed by atoms with E-state index in [0.717, 1.165) is 5.56 Å². The highest BCUT2D eigenvalue weighted by Gasteiger charge is 2.06. The molecule has 1 aromatic rings. The molecule has 1 atom stereocenters. The van der Waals surface area contributed by atoms with Gasteiger partial charge in [-0.05, 0) is 25.5 Å². The molecule has 50 valence electrons. The predicted molar refractivity (Wildman–Crippen MR) is 34.1 cm³/mol. The number of aliphatic hydroxyl groups is 1. The van der Waals surface area contributed by atoms with E-state index >= 15 is 0 Å². The Morgan fingerprint density at radius 2 is 2.33 bits per heavy atom. The normalized spacial score (nSPS) is 13.7. The van der Waals surface area contributed by atoms with Crippen molar-refractivity contribution in [1.29, 1.82) is 0 Å². The van der Waals surface area contributed by atoms with Crippen LogP contribution in [0.2, 0.25) is 0 Å². The third-order valence-corrected chi connectivity index (χ3v) is 1.28. The second-order valence-electron chi connectivity index (χ2n) is 2.14. The number of aryl methyl sites for hydroxylation is 1. The Bertz CT molecular complexity index is 189. The lowest BCUT2D eigenvalue weighted by molar-refractivity contribution is 0.168. The number of hydrogen-bond donors (Lipinski definition) is 1. The molecule has 0 amide bonds. The maximum atomic E-state index is 9.00. The van der Waals surface area contributed by atoms with E-state index in [4.69, 9.17) is 9.52 Å². The second kappa shape index (κ2) is 2.23. The van der Waals surface area contributed by atoms with Crippen molar-refractivity contribution in [2.45, 2.75) is 20.0 Å². The van der Waals surface area contributed by atoms with Gasteiger partial charge in [0.25, 0.3) is 0 Å². The van der Waals surface area contributed by atoms with Gasteiger partial charge < -0.3 is 9.52 Å². The molecule has 1 rings (SSSR count). The summed E-state index contributed by atoms with van der Waals surface area (Å²) >= 11 is 0. The van der Waals surface area contributed by atoms with E-state index in [0.29, 0.717) is 5.76 Å². The lowest BCUT2D eigenvalue weighted by Crippen LogP contribution is -1.89. The maximum Gasteiger partial charge on any atom is 0.134 e. The summed E-state index contributed by atoms with van der Waals surface area (Å²) in [6.07, 6.45) is 1.09. The predicted octanol–water partition coefficient (Wildman–Crippen LogP) is 1.64. The zero-order valence-corrected chi connectivity index (χ0v) is 5.59. The molecule has 2 heteroatoms. The molecule has 0 radical (unpaired) electrons. The first-order chi connectivity index (χ1) is 4.22. The molecule has 0 aromatic carbocycles. The van der Waals surface area contributed by atoms with Crippen LogP contribution in [0.25, 0.3) is 0 Å². The van der Waals surface area contributed by atoms with Crippen LogP contribution in [0.4, 0.5) is 0 Å². The van der Waals surface area contributed by atoms with Crippen LogP contribution in [0, 0.1) is 6.92 Å². The Morgan fingerprint density at radius 3 is 2.56 bits per heavy atom. The van der Waals surface area contributed by atoms with E-state index in [9.17, 15) is 0 Å². The minimum Gasteiger partial charge on any atom is -0.466 e. The van der Waals surface area contributed by atoms with Crippen molar-refractivity contribution in [2.75, 3.05) is 0 Å². The maximum absolute atomic E-state index is 9.00. The van der Waals surface area contributed by atoms with Gasteiger partial charge >= 0.3 is 0 Å². The van der Waals surface area contributed by atoms with Gasteiger partial charge in [-0.1, -0.05) is 0 Å². The fraction of sp³-hybridized carbons (Fsp3) is 0.429. The topological polar surface area (TPSA) is 33.4 Å². The molecule has 0 saturated carbocycles. The van der Waals surface area contributed by atoms with Crippen molar-refractivity contribution in [3.63, 3.8) is 0 Å². The molecule has 0 fully saturated rings. The number of hydrogen-bond acceptors (Lipinski definition) is 2. The Labute approximate surface area is 54.1 Å². The van der Waals surface area contributed by atoms with Crippen molar-refractivity contribution in [1.82, 2.24) is 0 Å². The highest BCUT2D eigenvalue weighted by Crippen LogP contribution is 2.16. The monoisotopic (exact) mass is 126 g/mol. The quantitative estimate of drug-likeness (QED) is 0.620. The molecular formula is C7H10O2. The summed E-state index contributed by atoms with van der Waals surface area (Å²) in [5.74, 6) is 0.662. The molecule has 2 nitrogen and oxygen atoms in total. The smallest absolute Gasteiger partial charge is 0.134 e. The molecule has 0 aliphatic rings. The number of furan rings is 1. The average Bonchev–Trinajstić information content (AvgIpc) is 2.13. The highest BCUT2D eigenvalue weighted by atomic mass is 16.4. The minimum atomic E-state index is -0.486. The number of rotatable bonds is 1. The van der Waals surface area contributed by atoms with Crippen LogP contribution in [0.1, 0.15) is 24.4 Å². The molecule has 1 aromatic heterocycles. The van der Waals surface area contributed by atoms with Crippen molar-refractivity contribution in [2.24, 2.45) is 0 Å². The molecule has 1 unspecified atom stereocenters. The Hall–Kier alpha value is -0.760. The molecule has 1 heterocycles. The van der Waals surface area contributed by atoms with E-state index in [1.807, 2.05) is 13.0 Å². The Kier molecular flexibility index (Phi) is 1.58. The molecule has 9 heavy (non-hydrogen) atoms. The van der Waals surface area contributed by atoms with E-state index in [1.165, 1.54) is 0 Å². The molecule has 0 spiro atoms. The molecule has 0 aliphatic heterocycles. The van der Waals surface area contributed by atoms with Gasteiger partial charge in [-0.25, -0.2) is 0 Å². The third-order valence-electron chi connectivity index (χ3n) is 1.28. The van der Waals surface area contributed by atoms with Gasteiger partial charge in [-0.2, -0.15) is 0 Å². The second-order valence-corrected chi connectivity index (χ2v) is 2.14. The standard InChI is InChI=1S/C7H10O2/c1-5-3-4-9-7(5)6(2)8/h3-4,6,8H,1-2H3. The van der Waals surface area contributed by atoms with E-state index < -0.39 is 6.10 Å². The summed E-state index contributed by atoms with van der Waals surface area (Å²) in [5, 5.41) is 9.00. The van der Waals surface area contributed by atoms with Crippen molar-refractivity contribution in [3.05, 3.63) is 23.7 Å². The Morgan fingerprint density at radius 1 is 1.67 bits per heavy atom. The van der Waals surface area contributed by atoms with Crippen LogP contribution in [0.3, 0.4) is 0 Å². The summed E-state index contributed by atoms with van der Waals surface area (Å²) in [4.78, 5) is 0. The SMILES string of the molecule is Cc1ccoc1C(C)O. The first-order valence-electron chi connectivity index (χ1n) is 2.94. The van der Waals surface area contributed by atoms with Crippen LogP contribution in [-0.4, -0.2) is 5.11 Å². The van der Waals surface area contributed by atoms with Crippen LogP contribution in [0.5, 0.6) is 0 Å². The fourth-order valence-electron chi connectivity index (χ4n) is 0.812. The van der Waals surface area contributed by atoms with Crippen molar-refractivity contribution >= 4 is 0 Å². The van der Waals surface area contributed by atoms with E-state index in [2.05, 4.69) is 0 Å². The zero-order chi connectivity index (χ0) is 6.85. The molecule has 0 aliphatic carbocycles. The third kappa shape index (κ3) is 1.13. The van der Waals surface area contributed by atoms with Gasteiger partial charge in [-0.15, -0.1) is 0 Å². The van der Waals surface area contributed by atoms with Gasteiger partial charge in [0.1, 0.15) is 11.9 Å². The summed E-state index contributed by atoms with van der Waals surface area (Å²) in [7, 11) is 0. The van der Waals surface area contributed by atoms with E-state index in [1.54, 1.807) is 13.2 Å². The lowest BCUT2D eigenvalue weighted by Gasteiger charge is -1.98. The summed E-state index contributed by atoms with van der Waals surface area (Å²) in [6.45, 7) is 3.59. The molecule has 0 bridgehead atoms. The van der Waals surface area contributed by atoms with Gasteiger partial charge in [0.15, 0.2) is 0 Å². The van der Waals surface area contributed by atoms with Crippen LogP contribution in [-0.2, 0) is 0 Å². The van der Waals surface area contributed by atoms with Crippen molar-refractivity contribution in [3.8, 4) is 0 Å². The molecule has 0 saturated heterocycles. The van der Waals surface area contributed by atoms with Gasteiger partial charge in [0, 0.05) is 0 Å². The van der Waals surface area contributed by atoms with Gasteiger partial charge in [0.05, 0.1) is 6.26 Å². The number of aliphatic hydroxyl groups excluding tert-OH is 1. The summed E-state index contributed by atoms with van der Waals surface area (Å²) in [6, 6.07) is 1.84. The molecular weight excluding hydrogens is 116 g/mol. The highest BCUT2D eigenvalue weighted by molar-refractivity contribution is 5.15. The molecule has 1 N–H and O–H groups in total. The summed E-state index contributed by atoms with van der Waals surface area (Å²) in [5.41, 5.74) is 1.00. The minimum absolute atomic E-state index is 0.486. The van der Waals surface area contributed by atoms with Crippen LogP contribution in [0.15, 0.2) is 16.7 Å².